The molecule has 2 rings (SSSR count). The minimum atomic E-state index is -4.45. The lowest BCUT2D eigenvalue weighted by molar-refractivity contribution is -0.384. The average molecular weight is 382 g/mol. The van der Waals surface area contributed by atoms with E-state index in [9.17, 15) is 23.3 Å². The van der Waals surface area contributed by atoms with E-state index in [-0.39, 0.29) is 16.5 Å². The molecular weight excluding hydrogens is 369 g/mol. The zero-order chi connectivity index (χ0) is 19.3. The van der Waals surface area contributed by atoms with E-state index in [2.05, 4.69) is 15.8 Å². The Morgan fingerprint density at radius 2 is 1.85 bits per heavy atom. The molecular formula is C16H13F3N4O2S. The van der Waals surface area contributed by atoms with Crippen LogP contribution in [-0.4, -0.2) is 15.7 Å². The third kappa shape index (κ3) is 5.24. The summed E-state index contributed by atoms with van der Waals surface area (Å²) in [6, 6.07) is 10.3. The summed E-state index contributed by atoms with van der Waals surface area (Å²) >= 11 is 5.00. The Hall–Kier alpha value is -3.01. The molecule has 0 saturated heterocycles. The predicted molar refractivity (Wildman–Crippen MR) is 96.1 cm³/mol. The summed E-state index contributed by atoms with van der Waals surface area (Å²) in [6.45, 7) is 1.65. The van der Waals surface area contributed by atoms with Crippen molar-refractivity contribution in [3.05, 3.63) is 69.8 Å². The van der Waals surface area contributed by atoms with Crippen molar-refractivity contribution < 1.29 is 18.1 Å². The first-order valence-corrected chi connectivity index (χ1v) is 7.61. The first-order chi connectivity index (χ1) is 12.2. The summed E-state index contributed by atoms with van der Waals surface area (Å²) < 4.78 is 38.1. The second-order valence-electron chi connectivity index (χ2n) is 5.15. The van der Waals surface area contributed by atoms with Gasteiger partial charge in [0.1, 0.15) is 0 Å². The van der Waals surface area contributed by atoms with E-state index in [0.29, 0.717) is 11.3 Å². The van der Waals surface area contributed by atoms with Crippen molar-refractivity contribution in [1.82, 2.24) is 5.43 Å². The van der Waals surface area contributed by atoms with E-state index in [4.69, 9.17) is 12.2 Å². The molecule has 6 nitrogen and oxygen atoms in total. The van der Waals surface area contributed by atoms with Crippen LogP contribution in [-0.2, 0) is 6.18 Å². The van der Waals surface area contributed by atoms with Crippen molar-refractivity contribution in [2.24, 2.45) is 5.10 Å². The van der Waals surface area contributed by atoms with Gasteiger partial charge in [-0.1, -0.05) is 6.07 Å². The Morgan fingerprint density at radius 3 is 2.42 bits per heavy atom. The van der Waals surface area contributed by atoms with Crippen LogP contribution in [0.4, 0.5) is 24.5 Å². The van der Waals surface area contributed by atoms with Crippen molar-refractivity contribution in [3.8, 4) is 0 Å². The molecule has 0 spiro atoms. The Labute approximate surface area is 151 Å². The van der Waals surface area contributed by atoms with Crippen LogP contribution >= 0.6 is 12.2 Å². The average Bonchev–Trinajstić information content (AvgIpc) is 2.59. The SMILES string of the molecule is C/C(=N\NC(=S)Nc1cccc(C(F)(F)F)c1)c1ccc([N+](=O)[O-])cc1. The molecule has 26 heavy (non-hydrogen) atoms. The molecule has 136 valence electrons. The highest BCUT2D eigenvalue weighted by Crippen LogP contribution is 2.30. The number of hydrogen-bond acceptors (Lipinski definition) is 4. The largest absolute Gasteiger partial charge is 0.416 e. The van der Waals surface area contributed by atoms with Crippen LogP contribution in [0.25, 0.3) is 0 Å². The van der Waals surface area contributed by atoms with Crippen molar-refractivity contribution in [3.63, 3.8) is 0 Å². The summed E-state index contributed by atoms with van der Waals surface area (Å²) in [6.07, 6.45) is -4.45. The van der Waals surface area contributed by atoms with Crippen molar-refractivity contribution in [1.29, 1.82) is 0 Å². The number of nitro groups is 1. The quantitative estimate of drug-likeness (QED) is 0.356. The molecule has 0 bridgehead atoms. The number of nitrogens with zero attached hydrogens (tertiary/aromatic N) is 2. The lowest BCUT2D eigenvalue weighted by atomic mass is 10.1. The van der Waals surface area contributed by atoms with Gasteiger partial charge in [-0.25, -0.2) is 0 Å². The summed E-state index contributed by atoms with van der Waals surface area (Å²) in [5.41, 5.74) is 2.97. The minimum absolute atomic E-state index is 0.00517. The van der Waals surface area contributed by atoms with Crippen LogP contribution < -0.4 is 10.7 Å². The summed E-state index contributed by atoms with van der Waals surface area (Å²) in [5.74, 6) is 0. The topological polar surface area (TPSA) is 79.6 Å². The predicted octanol–water partition coefficient (Wildman–Crippen LogP) is 4.32. The van der Waals surface area contributed by atoms with Gasteiger partial charge in [0.15, 0.2) is 5.11 Å². The Balaban J connectivity index is 2.01. The molecule has 0 aliphatic carbocycles. The smallest absolute Gasteiger partial charge is 0.331 e. The number of nitro benzene ring substituents is 1. The van der Waals surface area contributed by atoms with Crippen LogP contribution in [0, 0.1) is 10.1 Å². The number of non-ortho nitro benzene ring substituents is 1. The van der Waals surface area contributed by atoms with Crippen LogP contribution in [0.2, 0.25) is 0 Å². The van der Waals surface area contributed by atoms with Gasteiger partial charge in [0, 0.05) is 17.8 Å². The van der Waals surface area contributed by atoms with Gasteiger partial charge in [0.25, 0.3) is 5.69 Å². The third-order valence-electron chi connectivity index (χ3n) is 3.27. The highest BCUT2D eigenvalue weighted by Gasteiger charge is 2.30. The van der Waals surface area contributed by atoms with E-state index in [1.165, 1.54) is 36.4 Å². The third-order valence-corrected chi connectivity index (χ3v) is 3.46. The molecule has 0 atom stereocenters. The van der Waals surface area contributed by atoms with Gasteiger partial charge in [-0.05, 0) is 55.0 Å². The first kappa shape index (κ1) is 19.3. The molecule has 0 aromatic heterocycles. The number of anilines is 1. The van der Waals surface area contributed by atoms with Gasteiger partial charge < -0.3 is 5.32 Å². The Kier molecular flexibility index (Phi) is 5.88. The molecule has 0 radical (unpaired) electrons. The van der Waals surface area contributed by atoms with E-state index in [0.717, 1.165) is 12.1 Å². The summed E-state index contributed by atoms with van der Waals surface area (Å²) in [4.78, 5) is 10.1. The normalized spacial score (nSPS) is 11.8. The van der Waals surface area contributed by atoms with E-state index in [1.807, 2.05) is 0 Å². The summed E-state index contributed by atoms with van der Waals surface area (Å²) in [7, 11) is 0. The second-order valence-corrected chi connectivity index (χ2v) is 5.55. The minimum Gasteiger partial charge on any atom is -0.331 e. The maximum absolute atomic E-state index is 12.7. The first-order valence-electron chi connectivity index (χ1n) is 7.20. The molecule has 0 heterocycles. The van der Waals surface area contributed by atoms with Crippen molar-refractivity contribution in [2.75, 3.05) is 5.32 Å². The molecule has 0 aliphatic heterocycles. The molecule has 2 N–H and O–H groups in total. The van der Waals surface area contributed by atoms with Gasteiger partial charge in [0.2, 0.25) is 0 Å². The zero-order valence-corrected chi connectivity index (χ0v) is 14.2. The molecule has 0 amide bonds. The van der Waals surface area contributed by atoms with Gasteiger partial charge in [-0.15, -0.1) is 0 Å². The fourth-order valence-corrected chi connectivity index (χ4v) is 2.12. The molecule has 0 aliphatic rings. The van der Waals surface area contributed by atoms with Crippen LogP contribution in [0.15, 0.2) is 53.6 Å². The maximum Gasteiger partial charge on any atom is 0.416 e. The van der Waals surface area contributed by atoms with Gasteiger partial charge in [-0.2, -0.15) is 18.3 Å². The van der Waals surface area contributed by atoms with E-state index < -0.39 is 16.7 Å². The highest BCUT2D eigenvalue weighted by molar-refractivity contribution is 7.80. The lowest BCUT2D eigenvalue weighted by Gasteiger charge is -2.11. The fraction of sp³-hybridized carbons (Fsp3) is 0.125. The van der Waals surface area contributed by atoms with Crippen LogP contribution in [0.3, 0.4) is 0 Å². The number of nitrogens with one attached hydrogen (secondary N) is 2. The van der Waals surface area contributed by atoms with Crippen LogP contribution in [0.5, 0.6) is 0 Å². The number of hydrazone groups is 1. The van der Waals surface area contributed by atoms with Gasteiger partial charge >= 0.3 is 6.18 Å². The Morgan fingerprint density at radius 1 is 1.19 bits per heavy atom. The molecule has 0 fully saturated rings. The van der Waals surface area contributed by atoms with E-state index in [1.54, 1.807) is 6.92 Å². The highest BCUT2D eigenvalue weighted by atomic mass is 32.1. The summed E-state index contributed by atoms with van der Waals surface area (Å²) in [5, 5.41) is 17.2. The molecule has 10 heteroatoms. The Bertz CT molecular complexity index is 851. The number of halogens is 3. The van der Waals surface area contributed by atoms with E-state index >= 15 is 0 Å². The van der Waals surface area contributed by atoms with Crippen LogP contribution in [0.1, 0.15) is 18.1 Å². The number of rotatable bonds is 4. The number of alkyl halides is 3. The standard InChI is InChI=1S/C16H13F3N4O2S/c1-10(11-5-7-14(8-6-11)23(24)25)21-22-15(26)20-13-4-2-3-12(9-13)16(17,18)19/h2-9H,1H3,(H2,20,22,26)/b21-10+. The van der Waals surface area contributed by atoms with Gasteiger partial charge in [0.05, 0.1) is 16.2 Å². The molecule has 2 aromatic rings. The van der Waals surface area contributed by atoms with Gasteiger partial charge in [-0.3, -0.25) is 15.5 Å². The maximum atomic E-state index is 12.7. The molecule has 0 saturated carbocycles. The molecule has 0 unspecified atom stereocenters. The lowest BCUT2D eigenvalue weighted by Crippen LogP contribution is -2.25. The fourth-order valence-electron chi connectivity index (χ4n) is 1.96. The zero-order valence-electron chi connectivity index (χ0n) is 13.4. The number of benzene rings is 2. The molecule has 2 aromatic carbocycles. The van der Waals surface area contributed by atoms with Crippen molar-refractivity contribution >= 4 is 34.4 Å². The van der Waals surface area contributed by atoms with Crippen molar-refractivity contribution in [2.45, 2.75) is 13.1 Å². The number of hydrogen-bond donors (Lipinski definition) is 2. The second kappa shape index (κ2) is 7.91. The number of thiocarbonyl (C=S) groups is 1. The monoisotopic (exact) mass is 382 g/mol.